The number of fused-ring (bicyclic) bond motifs is 1. The molecule has 2 unspecified atom stereocenters. The number of halogens is 1. The third kappa shape index (κ3) is 6.48. The van der Waals surface area contributed by atoms with Crippen molar-refractivity contribution in [2.24, 2.45) is 0 Å². The Balaban J connectivity index is 1.40. The maximum absolute atomic E-state index is 13.5. The van der Waals surface area contributed by atoms with Gasteiger partial charge in [-0.05, 0) is 89.3 Å². The van der Waals surface area contributed by atoms with Crippen LogP contribution >= 0.6 is 0 Å². The van der Waals surface area contributed by atoms with E-state index in [0.29, 0.717) is 36.7 Å². The number of carbonyl (C=O) groups is 2. The highest BCUT2D eigenvalue weighted by Gasteiger charge is 2.38. The SMILES string of the molecule is Cc1c(COC(=O)C2CCCN2C(=O)OC(C)(C)C)nc(Nc2ccc(F)cc2)nc1N1CCc2ccccc2C1C. The van der Waals surface area contributed by atoms with Crippen LogP contribution in [0.5, 0.6) is 0 Å². The molecule has 9 nitrogen and oxygen atoms in total. The highest BCUT2D eigenvalue weighted by atomic mass is 19.1. The lowest BCUT2D eigenvalue weighted by Gasteiger charge is -2.37. The van der Waals surface area contributed by atoms with Gasteiger partial charge >= 0.3 is 12.1 Å². The number of aromatic nitrogens is 2. The van der Waals surface area contributed by atoms with Crippen LogP contribution < -0.4 is 10.2 Å². The molecule has 0 saturated carbocycles. The van der Waals surface area contributed by atoms with Crippen molar-refractivity contribution in [2.45, 2.75) is 78.2 Å². The first-order valence-electron chi connectivity index (χ1n) is 14.4. The molecule has 5 rings (SSSR count). The molecule has 2 aliphatic rings. The average Bonchev–Trinajstić information content (AvgIpc) is 3.45. The van der Waals surface area contributed by atoms with Crippen molar-refractivity contribution in [2.75, 3.05) is 23.3 Å². The summed E-state index contributed by atoms with van der Waals surface area (Å²) in [5.74, 6) is 0.215. The number of hydrogen-bond donors (Lipinski definition) is 1. The van der Waals surface area contributed by atoms with Gasteiger partial charge in [-0.3, -0.25) is 4.90 Å². The second-order valence-electron chi connectivity index (χ2n) is 11.8. The zero-order chi connectivity index (χ0) is 30.0. The highest BCUT2D eigenvalue weighted by molar-refractivity contribution is 5.82. The standard InChI is InChI=1S/C32H38FN5O4/c1-20-26(19-41-29(39)27-11-8-17-38(27)31(40)42-32(3,4)5)35-30(34-24-14-12-23(33)13-15-24)36-28(20)37-18-16-22-9-6-7-10-25(22)21(37)2/h6-7,9-10,12-15,21,27H,8,11,16-19H2,1-5H3,(H,34,35,36). The van der Waals surface area contributed by atoms with Crippen molar-refractivity contribution in [1.29, 1.82) is 0 Å². The van der Waals surface area contributed by atoms with Crippen molar-refractivity contribution >= 4 is 29.5 Å². The summed E-state index contributed by atoms with van der Waals surface area (Å²) >= 11 is 0. The predicted octanol–water partition coefficient (Wildman–Crippen LogP) is 6.23. The van der Waals surface area contributed by atoms with Crippen molar-refractivity contribution < 1.29 is 23.5 Å². The van der Waals surface area contributed by atoms with E-state index in [1.807, 2.05) is 13.0 Å². The summed E-state index contributed by atoms with van der Waals surface area (Å²) in [5, 5.41) is 3.17. The highest BCUT2D eigenvalue weighted by Crippen LogP contribution is 2.35. The molecule has 0 radical (unpaired) electrons. The number of nitrogens with zero attached hydrogens (tertiary/aromatic N) is 4. The van der Waals surface area contributed by atoms with Gasteiger partial charge in [0.2, 0.25) is 5.95 Å². The molecule has 0 spiro atoms. The third-order valence-corrected chi connectivity index (χ3v) is 7.69. The maximum atomic E-state index is 13.5. The fourth-order valence-corrected chi connectivity index (χ4v) is 5.54. The summed E-state index contributed by atoms with van der Waals surface area (Å²) in [5.41, 5.74) is 3.87. The first kappa shape index (κ1) is 29.3. The van der Waals surface area contributed by atoms with E-state index in [2.05, 4.69) is 35.3 Å². The molecule has 3 aromatic rings. The molecule has 1 saturated heterocycles. The number of amides is 1. The van der Waals surface area contributed by atoms with E-state index in [1.165, 1.54) is 28.2 Å². The van der Waals surface area contributed by atoms with Gasteiger partial charge in [-0.15, -0.1) is 0 Å². The number of hydrogen-bond acceptors (Lipinski definition) is 8. The van der Waals surface area contributed by atoms with Crippen LogP contribution in [0.25, 0.3) is 0 Å². The van der Waals surface area contributed by atoms with Crippen LogP contribution in [-0.4, -0.2) is 51.7 Å². The molecular formula is C32H38FN5O4. The number of rotatable bonds is 6. The van der Waals surface area contributed by atoms with E-state index in [-0.39, 0.29) is 18.5 Å². The third-order valence-electron chi connectivity index (χ3n) is 7.69. The van der Waals surface area contributed by atoms with E-state index in [0.717, 1.165) is 24.3 Å². The Hall–Kier alpha value is -4.21. The van der Waals surface area contributed by atoms with Crippen molar-refractivity contribution in [3.05, 3.63) is 76.7 Å². The summed E-state index contributed by atoms with van der Waals surface area (Å²) in [6, 6.07) is 13.7. The maximum Gasteiger partial charge on any atom is 0.411 e. The van der Waals surface area contributed by atoms with Crippen LogP contribution in [-0.2, 0) is 27.3 Å². The second kappa shape index (κ2) is 12.0. The molecule has 1 amide bonds. The normalized spacial score (nSPS) is 18.4. The zero-order valence-electron chi connectivity index (χ0n) is 24.8. The Bertz CT molecular complexity index is 1460. The van der Waals surface area contributed by atoms with E-state index < -0.39 is 23.7 Å². The Kier molecular flexibility index (Phi) is 8.34. The second-order valence-corrected chi connectivity index (χ2v) is 11.8. The van der Waals surface area contributed by atoms with Gasteiger partial charge < -0.3 is 19.7 Å². The Morgan fingerprint density at radius 1 is 1.07 bits per heavy atom. The lowest BCUT2D eigenvalue weighted by atomic mass is 9.93. The van der Waals surface area contributed by atoms with Crippen molar-refractivity contribution in [1.82, 2.24) is 14.9 Å². The number of nitrogens with one attached hydrogen (secondary N) is 1. The van der Waals surface area contributed by atoms with E-state index in [1.54, 1.807) is 32.9 Å². The number of benzene rings is 2. The van der Waals surface area contributed by atoms with Crippen molar-refractivity contribution in [3.63, 3.8) is 0 Å². The zero-order valence-corrected chi connectivity index (χ0v) is 24.8. The minimum atomic E-state index is -0.711. The van der Waals surface area contributed by atoms with Crippen LogP contribution in [0.2, 0.25) is 0 Å². The molecule has 10 heteroatoms. The summed E-state index contributed by atoms with van der Waals surface area (Å²) in [4.78, 5) is 39.2. The van der Waals surface area contributed by atoms with Crippen LogP contribution in [0, 0.1) is 12.7 Å². The smallest absolute Gasteiger partial charge is 0.411 e. The lowest BCUT2D eigenvalue weighted by Crippen LogP contribution is -2.44. The molecule has 1 N–H and O–H groups in total. The fraction of sp³-hybridized carbons (Fsp3) is 0.438. The molecule has 1 fully saturated rings. The van der Waals surface area contributed by atoms with E-state index in [9.17, 15) is 14.0 Å². The van der Waals surface area contributed by atoms with Gasteiger partial charge in [0.15, 0.2) is 0 Å². The van der Waals surface area contributed by atoms with Crippen LogP contribution in [0.15, 0.2) is 48.5 Å². The number of anilines is 3. The van der Waals surface area contributed by atoms with Gasteiger partial charge in [0, 0.05) is 24.3 Å². The minimum Gasteiger partial charge on any atom is -0.458 e. The summed E-state index contributed by atoms with van der Waals surface area (Å²) in [6.07, 6.45) is 1.55. The first-order valence-corrected chi connectivity index (χ1v) is 14.4. The molecule has 2 atom stereocenters. The van der Waals surface area contributed by atoms with Gasteiger partial charge in [0.1, 0.15) is 29.9 Å². The molecule has 42 heavy (non-hydrogen) atoms. The van der Waals surface area contributed by atoms with Gasteiger partial charge in [-0.25, -0.2) is 19.0 Å². The summed E-state index contributed by atoms with van der Waals surface area (Å²) in [6.45, 7) is 10.6. The first-order chi connectivity index (χ1) is 20.0. The van der Waals surface area contributed by atoms with Gasteiger partial charge in [-0.1, -0.05) is 24.3 Å². The summed E-state index contributed by atoms with van der Waals surface area (Å²) < 4.78 is 24.8. The molecule has 2 aromatic carbocycles. The van der Waals surface area contributed by atoms with Crippen LogP contribution in [0.4, 0.5) is 26.6 Å². The Labute approximate surface area is 246 Å². The molecule has 1 aromatic heterocycles. The van der Waals surface area contributed by atoms with Crippen LogP contribution in [0.3, 0.4) is 0 Å². The van der Waals surface area contributed by atoms with Gasteiger partial charge in [0.25, 0.3) is 0 Å². The molecular weight excluding hydrogens is 537 g/mol. The van der Waals surface area contributed by atoms with E-state index >= 15 is 0 Å². The monoisotopic (exact) mass is 575 g/mol. The van der Waals surface area contributed by atoms with Gasteiger partial charge in [0.05, 0.1) is 11.7 Å². The predicted molar refractivity (Wildman–Crippen MR) is 158 cm³/mol. The Morgan fingerprint density at radius 2 is 1.81 bits per heavy atom. The average molecular weight is 576 g/mol. The Morgan fingerprint density at radius 3 is 2.55 bits per heavy atom. The number of carbonyl (C=O) groups excluding carboxylic acids is 2. The number of esters is 1. The molecule has 3 heterocycles. The van der Waals surface area contributed by atoms with Crippen molar-refractivity contribution in [3.8, 4) is 0 Å². The van der Waals surface area contributed by atoms with Crippen LogP contribution in [0.1, 0.15) is 69.0 Å². The molecule has 0 aliphatic carbocycles. The quantitative estimate of drug-likeness (QED) is 0.346. The topological polar surface area (TPSA) is 96.9 Å². The largest absolute Gasteiger partial charge is 0.458 e. The molecule has 222 valence electrons. The molecule has 0 bridgehead atoms. The minimum absolute atomic E-state index is 0.0681. The fourth-order valence-electron chi connectivity index (χ4n) is 5.54. The van der Waals surface area contributed by atoms with E-state index in [4.69, 9.17) is 19.4 Å². The lowest BCUT2D eigenvalue weighted by molar-refractivity contribution is -0.150. The number of likely N-dealkylation sites (tertiary alicyclic amines) is 1. The molecule has 2 aliphatic heterocycles. The van der Waals surface area contributed by atoms with Gasteiger partial charge in [-0.2, -0.15) is 4.98 Å². The number of ether oxygens (including phenoxy) is 2. The summed E-state index contributed by atoms with van der Waals surface area (Å²) in [7, 11) is 0.